The lowest BCUT2D eigenvalue weighted by molar-refractivity contribution is 0.591. The van der Waals surface area contributed by atoms with Crippen molar-refractivity contribution in [3.05, 3.63) is 43.0 Å². The number of para-hydroxylation sites is 1. The van der Waals surface area contributed by atoms with Crippen LogP contribution >= 0.6 is 0 Å². The molecular weight excluding hydrogens is 232 g/mol. The van der Waals surface area contributed by atoms with Gasteiger partial charge in [-0.3, -0.25) is 0 Å². The minimum atomic E-state index is 1.10. The summed E-state index contributed by atoms with van der Waals surface area (Å²) in [7, 11) is 2.16. The topological polar surface area (TPSA) is 15.3 Å². The molecule has 0 radical (unpaired) electrons. The van der Waals surface area contributed by atoms with Gasteiger partial charge in [-0.1, -0.05) is 30.7 Å². The highest BCUT2D eigenvalue weighted by atomic mass is 15.1. The van der Waals surface area contributed by atoms with Gasteiger partial charge in [-0.2, -0.15) is 0 Å². The van der Waals surface area contributed by atoms with E-state index in [0.717, 1.165) is 26.1 Å². The first-order chi connectivity index (χ1) is 9.34. The molecule has 0 amide bonds. The second kappa shape index (κ2) is 10.6. The van der Waals surface area contributed by atoms with E-state index in [1.54, 1.807) is 0 Å². The summed E-state index contributed by atoms with van der Waals surface area (Å²) < 4.78 is 0. The summed E-state index contributed by atoms with van der Waals surface area (Å²) >= 11 is 0. The number of allylic oxidation sites excluding steroid dienone is 1. The van der Waals surface area contributed by atoms with Crippen molar-refractivity contribution in [3.8, 4) is 0 Å². The Kier molecular flexibility index (Phi) is 8.82. The lowest BCUT2D eigenvalue weighted by Crippen LogP contribution is -2.24. The fraction of sp³-hybridized carbons (Fsp3) is 0.529. The lowest BCUT2D eigenvalue weighted by atomic mass is 10.2. The molecule has 0 fully saturated rings. The Hall–Kier alpha value is -1.28. The number of unbranched alkanes of at least 4 members (excludes halogenated alkanes) is 3. The molecule has 1 rings (SSSR count). The summed E-state index contributed by atoms with van der Waals surface area (Å²) in [6.07, 6.45) is 8.22. The Labute approximate surface area is 118 Å². The van der Waals surface area contributed by atoms with Crippen molar-refractivity contribution >= 4 is 5.69 Å². The van der Waals surface area contributed by atoms with Crippen LogP contribution in [0.5, 0.6) is 0 Å². The third kappa shape index (κ3) is 7.68. The largest absolute Gasteiger partial charge is 0.375 e. The van der Waals surface area contributed by atoms with Gasteiger partial charge in [0.25, 0.3) is 0 Å². The van der Waals surface area contributed by atoms with E-state index < -0.39 is 0 Å². The highest BCUT2D eigenvalue weighted by Gasteiger charge is 1.98. The summed E-state index contributed by atoms with van der Waals surface area (Å²) in [5.41, 5.74) is 1.30. The molecule has 0 aliphatic carbocycles. The van der Waals surface area contributed by atoms with Crippen LogP contribution in [-0.4, -0.2) is 26.7 Å². The molecule has 0 saturated carbocycles. The van der Waals surface area contributed by atoms with E-state index >= 15 is 0 Å². The molecule has 0 saturated heterocycles. The van der Waals surface area contributed by atoms with Gasteiger partial charge in [-0.25, -0.2) is 0 Å². The van der Waals surface area contributed by atoms with Crippen molar-refractivity contribution in [2.75, 3.05) is 31.6 Å². The lowest BCUT2D eigenvalue weighted by Gasteiger charge is -2.19. The van der Waals surface area contributed by atoms with Gasteiger partial charge in [0, 0.05) is 19.3 Å². The molecule has 0 atom stereocenters. The predicted molar refractivity (Wildman–Crippen MR) is 85.9 cm³/mol. The monoisotopic (exact) mass is 260 g/mol. The van der Waals surface area contributed by atoms with E-state index in [0.29, 0.717) is 0 Å². The number of rotatable bonds is 11. The van der Waals surface area contributed by atoms with Crippen LogP contribution in [0.15, 0.2) is 43.0 Å². The molecule has 0 bridgehead atoms. The molecule has 0 aliphatic rings. The highest BCUT2D eigenvalue weighted by Crippen LogP contribution is 2.10. The molecule has 0 aromatic heterocycles. The first-order valence-electron chi connectivity index (χ1n) is 7.42. The van der Waals surface area contributed by atoms with E-state index in [9.17, 15) is 0 Å². The maximum atomic E-state index is 3.74. The van der Waals surface area contributed by atoms with Crippen molar-refractivity contribution < 1.29 is 0 Å². The smallest absolute Gasteiger partial charge is 0.0363 e. The zero-order valence-corrected chi connectivity index (χ0v) is 12.3. The molecule has 106 valence electrons. The minimum Gasteiger partial charge on any atom is -0.375 e. The maximum Gasteiger partial charge on any atom is 0.0363 e. The first-order valence-corrected chi connectivity index (χ1v) is 7.42. The molecule has 19 heavy (non-hydrogen) atoms. The molecular formula is C17H28N2. The Morgan fingerprint density at radius 3 is 2.53 bits per heavy atom. The van der Waals surface area contributed by atoms with Crippen LogP contribution in [-0.2, 0) is 0 Å². The quantitative estimate of drug-likeness (QED) is 0.480. The average Bonchev–Trinajstić information content (AvgIpc) is 2.46. The van der Waals surface area contributed by atoms with Gasteiger partial charge in [-0.05, 0) is 50.9 Å². The van der Waals surface area contributed by atoms with Crippen LogP contribution in [0.25, 0.3) is 0 Å². The van der Waals surface area contributed by atoms with Gasteiger partial charge in [0.2, 0.25) is 0 Å². The number of anilines is 1. The van der Waals surface area contributed by atoms with Gasteiger partial charge < -0.3 is 10.2 Å². The molecule has 1 aromatic rings. The van der Waals surface area contributed by atoms with Crippen molar-refractivity contribution in [3.63, 3.8) is 0 Å². The highest BCUT2D eigenvalue weighted by molar-refractivity contribution is 5.44. The fourth-order valence-electron chi connectivity index (χ4n) is 2.09. The second-order valence-corrected chi connectivity index (χ2v) is 5.00. The van der Waals surface area contributed by atoms with Crippen LogP contribution in [0.1, 0.15) is 32.1 Å². The van der Waals surface area contributed by atoms with Gasteiger partial charge in [0.05, 0.1) is 0 Å². The predicted octanol–water partition coefficient (Wildman–Crippen LogP) is 3.85. The van der Waals surface area contributed by atoms with Gasteiger partial charge in [-0.15, -0.1) is 6.58 Å². The van der Waals surface area contributed by atoms with E-state index in [4.69, 9.17) is 0 Å². The zero-order chi connectivity index (χ0) is 13.8. The molecule has 2 heteroatoms. The average molecular weight is 260 g/mol. The van der Waals surface area contributed by atoms with Crippen molar-refractivity contribution in [2.24, 2.45) is 0 Å². The molecule has 0 unspecified atom stereocenters. The van der Waals surface area contributed by atoms with Crippen LogP contribution in [0.2, 0.25) is 0 Å². The van der Waals surface area contributed by atoms with E-state index in [-0.39, 0.29) is 0 Å². The van der Waals surface area contributed by atoms with Crippen LogP contribution in [0, 0.1) is 0 Å². The SMILES string of the molecule is C=CCCCCCNCCCN(C)c1ccccc1. The van der Waals surface area contributed by atoms with Crippen molar-refractivity contribution in [2.45, 2.75) is 32.1 Å². The van der Waals surface area contributed by atoms with E-state index in [1.807, 2.05) is 6.08 Å². The Balaban J connectivity index is 1.95. The number of hydrogen-bond acceptors (Lipinski definition) is 2. The number of benzene rings is 1. The molecule has 0 aliphatic heterocycles. The van der Waals surface area contributed by atoms with Gasteiger partial charge in [0.1, 0.15) is 0 Å². The molecule has 2 nitrogen and oxygen atoms in total. The summed E-state index contributed by atoms with van der Waals surface area (Å²) in [6, 6.07) is 10.6. The Bertz CT molecular complexity index is 321. The van der Waals surface area contributed by atoms with E-state index in [2.05, 4.69) is 54.2 Å². The summed E-state index contributed by atoms with van der Waals surface area (Å²) in [5, 5.41) is 3.52. The molecule has 0 spiro atoms. The van der Waals surface area contributed by atoms with Crippen LogP contribution < -0.4 is 10.2 Å². The first kappa shape index (κ1) is 15.8. The van der Waals surface area contributed by atoms with E-state index in [1.165, 1.54) is 31.4 Å². The second-order valence-electron chi connectivity index (χ2n) is 5.00. The molecule has 0 heterocycles. The standard InChI is InChI=1S/C17H28N2/c1-3-4-5-6-10-14-18-15-11-16-19(2)17-12-8-7-9-13-17/h3,7-9,12-13,18H,1,4-6,10-11,14-16H2,2H3. The minimum absolute atomic E-state index is 1.10. The summed E-state index contributed by atoms with van der Waals surface area (Å²) in [6.45, 7) is 7.10. The van der Waals surface area contributed by atoms with Gasteiger partial charge in [0.15, 0.2) is 0 Å². The third-order valence-corrected chi connectivity index (χ3v) is 3.31. The van der Waals surface area contributed by atoms with Crippen molar-refractivity contribution in [1.29, 1.82) is 0 Å². The normalized spacial score (nSPS) is 10.4. The van der Waals surface area contributed by atoms with Crippen LogP contribution in [0.3, 0.4) is 0 Å². The summed E-state index contributed by atoms with van der Waals surface area (Å²) in [4.78, 5) is 2.31. The summed E-state index contributed by atoms with van der Waals surface area (Å²) in [5.74, 6) is 0. The van der Waals surface area contributed by atoms with Crippen LogP contribution in [0.4, 0.5) is 5.69 Å². The molecule has 1 aromatic carbocycles. The maximum absolute atomic E-state index is 3.74. The number of nitrogens with one attached hydrogen (secondary N) is 1. The number of hydrogen-bond donors (Lipinski definition) is 1. The Morgan fingerprint density at radius 2 is 1.79 bits per heavy atom. The zero-order valence-electron chi connectivity index (χ0n) is 12.3. The van der Waals surface area contributed by atoms with Crippen molar-refractivity contribution in [1.82, 2.24) is 5.32 Å². The third-order valence-electron chi connectivity index (χ3n) is 3.31. The fourth-order valence-corrected chi connectivity index (χ4v) is 2.09. The van der Waals surface area contributed by atoms with Gasteiger partial charge >= 0.3 is 0 Å². The Morgan fingerprint density at radius 1 is 1.05 bits per heavy atom. The number of nitrogens with zero attached hydrogens (tertiary/aromatic N) is 1. The molecule has 1 N–H and O–H groups in total.